The molecule has 150 valence electrons. The number of hydrogen-bond donors (Lipinski definition) is 3. The zero-order chi connectivity index (χ0) is 20.8. The second kappa shape index (κ2) is 9.07. The van der Waals surface area contributed by atoms with Gasteiger partial charge in [0.25, 0.3) is 0 Å². The van der Waals surface area contributed by atoms with Crippen LogP contribution in [0.4, 0.5) is 5.82 Å². The van der Waals surface area contributed by atoms with Crippen LogP contribution in [0, 0.1) is 0 Å². The molecule has 29 heavy (non-hydrogen) atoms. The molecule has 0 atom stereocenters. The fourth-order valence-corrected chi connectivity index (χ4v) is 3.06. The van der Waals surface area contributed by atoms with Gasteiger partial charge in [0.15, 0.2) is 5.65 Å². The molecule has 0 saturated heterocycles. The number of ether oxygens (including phenoxy) is 1. The monoisotopic (exact) mass is 391 g/mol. The molecule has 0 radical (unpaired) electrons. The Morgan fingerprint density at radius 1 is 1.10 bits per heavy atom. The molecule has 0 fully saturated rings. The maximum Gasteiger partial charge on any atom is 0.150 e. The molecular formula is C22H25N5O2. The largest absolute Gasteiger partial charge is 0.508 e. The van der Waals surface area contributed by atoms with Gasteiger partial charge < -0.3 is 25.5 Å². The van der Waals surface area contributed by atoms with Crippen LogP contribution in [0.5, 0.6) is 11.5 Å². The Labute approximate surface area is 169 Å². The average Bonchev–Trinajstić information content (AvgIpc) is 3.10. The lowest BCUT2D eigenvalue weighted by Crippen LogP contribution is -1.98. The molecule has 0 aliphatic carbocycles. The van der Waals surface area contributed by atoms with Crippen LogP contribution in [-0.2, 0) is 0 Å². The first kappa shape index (κ1) is 20.2. The van der Waals surface area contributed by atoms with Gasteiger partial charge in [-0.2, -0.15) is 0 Å². The summed E-state index contributed by atoms with van der Waals surface area (Å²) in [6.07, 6.45) is 3.41. The maximum absolute atomic E-state index is 9.85. The van der Waals surface area contributed by atoms with Gasteiger partial charge in [-0.25, -0.2) is 9.97 Å². The summed E-state index contributed by atoms with van der Waals surface area (Å²) >= 11 is 0. The third-order valence-corrected chi connectivity index (χ3v) is 4.18. The van der Waals surface area contributed by atoms with Gasteiger partial charge in [-0.15, -0.1) is 0 Å². The van der Waals surface area contributed by atoms with E-state index in [9.17, 15) is 5.11 Å². The van der Waals surface area contributed by atoms with Crippen molar-refractivity contribution in [2.75, 3.05) is 26.4 Å². The van der Waals surface area contributed by atoms with E-state index in [4.69, 9.17) is 10.5 Å². The number of phenolic OH excluding ortho intramolecular Hbond substituents is 1. The topological polar surface area (TPSA) is 98.2 Å². The number of nitrogens with one attached hydrogen (secondary N) is 1. The summed E-state index contributed by atoms with van der Waals surface area (Å²) in [5.41, 5.74) is 9.46. The number of aromatic nitrogens is 3. The van der Waals surface area contributed by atoms with Crippen LogP contribution in [0.3, 0.4) is 0 Å². The molecule has 7 heteroatoms. The van der Waals surface area contributed by atoms with E-state index >= 15 is 0 Å². The molecule has 2 aromatic heterocycles. The molecule has 2 aromatic carbocycles. The summed E-state index contributed by atoms with van der Waals surface area (Å²) in [6.45, 7) is 2.55. The number of hydrogen-bond acceptors (Lipinski definition) is 6. The van der Waals surface area contributed by atoms with Gasteiger partial charge in [-0.1, -0.05) is 18.2 Å². The van der Waals surface area contributed by atoms with Crippen molar-refractivity contribution in [1.29, 1.82) is 0 Å². The molecule has 0 bridgehead atoms. The van der Waals surface area contributed by atoms with Crippen molar-refractivity contribution >= 4 is 16.9 Å². The number of aromatic hydroxyl groups is 1. The van der Waals surface area contributed by atoms with Gasteiger partial charge in [-0.05, 0) is 50.8 Å². The average molecular weight is 391 g/mol. The number of nitrogen functional groups attached to an aromatic ring is 1. The van der Waals surface area contributed by atoms with E-state index in [2.05, 4.69) is 15.3 Å². The number of nitrogens with zero attached hydrogens (tertiary/aromatic N) is 3. The number of fused-ring (bicyclic) bond motifs is 1. The lowest BCUT2D eigenvalue weighted by Gasteiger charge is -2.08. The Bertz CT molecular complexity index is 1110. The predicted octanol–water partition coefficient (Wildman–Crippen LogP) is 3.61. The van der Waals surface area contributed by atoms with Crippen LogP contribution in [0.2, 0.25) is 0 Å². The molecule has 4 aromatic rings. The van der Waals surface area contributed by atoms with Crippen LogP contribution < -0.4 is 15.8 Å². The third-order valence-electron chi connectivity index (χ3n) is 4.18. The van der Waals surface area contributed by atoms with Gasteiger partial charge in [0.1, 0.15) is 23.6 Å². The lowest BCUT2D eigenvalue weighted by molar-refractivity contribution is 0.340. The predicted molar refractivity (Wildman–Crippen MR) is 117 cm³/mol. The van der Waals surface area contributed by atoms with Gasteiger partial charge in [0.2, 0.25) is 0 Å². The van der Waals surface area contributed by atoms with Gasteiger partial charge >= 0.3 is 0 Å². The van der Waals surface area contributed by atoms with Crippen LogP contribution in [0.15, 0.2) is 61.1 Å². The molecule has 4 rings (SSSR count). The minimum atomic E-state index is 0.192. The number of anilines is 1. The first-order valence-electron chi connectivity index (χ1n) is 9.31. The molecule has 0 amide bonds. The minimum Gasteiger partial charge on any atom is -0.508 e. The highest BCUT2D eigenvalue weighted by Gasteiger charge is 2.16. The van der Waals surface area contributed by atoms with Crippen molar-refractivity contribution in [2.24, 2.45) is 0 Å². The quantitative estimate of drug-likeness (QED) is 0.492. The summed E-state index contributed by atoms with van der Waals surface area (Å²) < 4.78 is 7.56. The highest BCUT2D eigenvalue weighted by atomic mass is 16.5. The summed E-state index contributed by atoms with van der Waals surface area (Å²) in [5, 5.41) is 13.3. The Morgan fingerprint density at radius 2 is 1.86 bits per heavy atom. The lowest BCUT2D eigenvalue weighted by atomic mass is 10.1. The summed E-state index contributed by atoms with van der Waals surface area (Å²) in [7, 11) is 3.75. The maximum atomic E-state index is 9.85. The molecule has 0 aliphatic heterocycles. The summed E-state index contributed by atoms with van der Waals surface area (Å²) in [6, 6.07) is 14.8. The van der Waals surface area contributed by atoms with Gasteiger partial charge in [0, 0.05) is 17.8 Å². The number of benzene rings is 2. The number of rotatable bonds is 4. The van der Waals surface area contributed by atoms with Crippen LogP contribution >= 0.6 is 0 Å². The van der Waals surface area contributed by atoms with Gasteiger partial charge in [0.05, 0.1) is 17.7 Å². The molecule has 0 aliphatic rings. The molecule has 4 N–H and O–H groups in total. The van der Waals surface area contributed by atoms with Crippen molar-refractivity contribution in [3.05, 3.63) is 61.1 Å². The zero-order valence-corrected chi connectivity index (χ0v) is 16.8. The Hall–Kier alpha value is -3.58. The standard InChI is InChI=1S/C20H18N4O2.C2H7N/c1-2-26-16-8-4-6-14(10-16)24-11-17(13-5-3-7-15(25)9-13)18-19(21)22-12-23-20(18)24;1-3-2/h3-12,25H,2H2,1H3,(H2,21,22,23);3H,1-2H3. The van der Waals surface area contributed by atoms with Crippen molar-refractivity contribution in [3.8, 4) is 28.3 Å². The second-order valence-electron chi connectivity index (χ2n) is 6.35. The Morgan fingerprint density at radius 3 is 2.59 bits per heavy atom. The summed E-state index contributed by atoms with van der Waals surface area (Å²) in [5.74, 6) is 1.37. The highest BCUT2D eigenvalue weighted by Crippen LogP contribution is 2.35. The van der Waals surface area contributed by atoms with Crippen LogP contribution in [0.1, 0.15) is 6.92 Å². The minimum absolute atomic E-state index is 0.192. The van der Waals surface area contributed by atoms with E-state index in [1.807, 2.05) is 62.1 Å². The Kier molecular flexibility index (Phi) is 6.31. The van der Waals surface area contributed by atoms with E-state index in [-0.39, 0.29) is 5.75 Å². The molecule has 7 nitrogen and oxygen atoms in total. The highest BCUT2D eigenvalue weighted by molar-refractivity contribution is 6.01. The van der Waals surface area contributed by atoms with Crippen molar-refractivity contribution in [2.45, 2.75) is 6.92 Å². The van der Waals surface area contributed by atoms with E-state index in [0.29, 0.717) is 18.1 Å². The molecule has 0 saturated carbocycles. The third kappa shape index (κ3) is 4.30. The SMILES string of the molecule is CCOc1cccc(-n2cc(-c3cccc(O)c3)c3c(N)ncnc32)c1.CNC. The van der Waals surface area contributed by atoms with E-state index in [1.54, 1.807) is 18.2 Å². The van der Waals surface area contributed by atoms with E-state index < -0.39 is 0 Å². The van der Waals surface area contributed by atoms with Crippen molar-refractivity contribution in [3.63, 3.8) is 0 Å². The fourth-order valence-electron chi connectivity index (χ4n) is 3.06. The number of nitrogens with two attached hydrogens (primary N) is 1. The second-order valence-corrected chi connectivity index (χ2v) is 6.35. The normalized spacial score (nSPS) is 10.4. The Balaban J connectivity index is 0.000000755. The molecule has 0 spiro atoms. The first-order chi connectivity index (χ1) is 14.1. The number of phenols is 1. The van der Waals surface area contributed by atoms with Crippen molar-refractivity contribution in [1.82, 2.24) is 19.9 Å². The zero-order valence-electron chi connectivity index (χ0n) is 16.8. The molecular weight excluding hydrogens is 366 g/mol. The van der Waals surface area contributed by atoms with Crippen LogP contribution in [0.25, 0.3) is 27.8 Å². The van der Waals surface area contributed by atoms with E-state index in [1.165, 1.54) is 6.33 Å². The van der Waals surface area contributed by atoms with Crippen molar-refractivity contribution < 1.29 is 9.84 Å². The summed E-state index contributed by atoms with van der Waals surface area (Å²) in [4.78, 5) is 8.57. The molecule has 2 heterocycles. The first-order valence-corrected chi connectivity index (χ1v) is 9.31. The molecule has 0 unspecified atom stereocenters. The van der Waals surface area contributed by atoms with Crippen LogP contribution in [-0.4, -0.2) is 40.3 Å². The van der Waals surface area contributed by atoms with Gasteiger partial charge in [-0.3, -0.25) is 0 Å². The fraction of sp³-hybridized carbons (Fsp3) is 0.182. The van der Waals surface area contributed by atoms with E-state index in [0.717, 1.165) is 28.0 Å². The smallest absolute Gasteiger partial charge is 0.150 e.